The first-order chi connectivity index (χ1) is 9.25. The molecular formula is C16H21N3. The molecule has 1 aromatic heterocycles. The summed E-state index contributed by atoms with van der Waals surface area (Å²) in [6.07, 6.45) is 8.33. The predicted molar refractivity (Wildman–Crippen MR) is 79.6 cm³/mol. The van der Waals surface area contributed by atoms with Crippen LogP contribution in [0.15, 0.2) is 24.5 Å². The SMILES string of the molecule is Cc1ccc2ncnc(N(C)C3CCCCC3)c2c1. The monoisotopic (exact) mass is 255 g/mol. The van der Waals surface area contributed by atoms with Crippen molar-refractivity contribution < 1.29 is 0 Å². The van der Waals surface area contributed by atoms with Crippen molar-refractivity contribution in [2.75, 3.05) is 11.9 Å². The molecular weight excluding hydrogens is 234 g/mol. The van der Waals surface area contributed by atoms with Crippen LogP contribution < -0.4 is 4.90 Å². The molecule has 3 heteroatoms. The van der Waals surface area contributed by atoms with Crippen molar-refractivity contribution in [1.29, 1.82) is 0 Å². The Morgan fingerprint density at radius 3 is 2.68 bits per heavy atom. The molecule has 1 fully saturated rings. The number of fused-ring (bicyclic) bond motifs is 1. The van der Waals surface area contributed by atoms with Gasteiger partial charge >= 0.3 is 0 Å². The molecule has 1 aliphatic rings. The highest BCUT2D eigenvalue weighted by molar-refractivity contribution is 5.89. The van der Waals surface area contributed by atoms with Crippen LogP contribution in [-0.2, 0) is 0 Å². The highest BCUT2D eigenvalue weighted by Crippen LogP contribution is 2.29. The zero-order valence-electron chi connectivity index (χ0n) is 11.8. The van der Waals surface area contributed by atoms with Crippen molar-refractivity contribution in [1.82, 2.24) is 9.97 Å². The Bertz CT molecular complexity index is 573. The van der Waals surface area contributed by atoms with Crippen molar-refractivity contribution in [3.8, 4) is 0 Å². The molecule has 100 valence electrons. The van der Waals surface area contributed by atoms with Crippen LogP contribution in [0.1, 0.15) is 37.7 Å². The third-order valence-corrected chi connectivity index (χ3v) is 4.23. The summed E-state index contributed by atoms with van der Waals surface area (Å²) in [5.74, 6) is 1.08. The van der Waals surface area contributed by atoms with Crippen LogP contribution in [0.2, 0.25) is 0 Å². The fourth-order valence-corrected chi connectivity index (χ4v) is 3.08. The number of hydrogen-bond acceptors (Lipinski definition) is 3. The molecule has 3 nitrogen and oxygen atoms in total. The minimum absolute atomic E-state index is 0.632. The van der Waals surface area contributed by atoms with Crippen LogP contribution in [0.4, 0.5) is 5.82 Å². The molecule has 0 unspecified atom stereocenters. The molecule has 0 atom stereocenters. The maximum Gasteiger partial charge on any atom is 0.139 e. The molecule has 1 aromatic carbocycles. The standard InChI is InChI=1S/C16H21N3/c1-12-8-9-15-14(10-12)16(18-11-17-15)19(2)13-6-4-3-5-7-13/h8-11,13H,3-7H2,1-2H3. The number of aryl methyl sites for hydroxylation is 1. The van der Waals surface area contributed by atoms with E-state index in [1.54, 1.807) is 6.33 Å². The lowest BCUT2D eigenvalue weighted by Crippen LogP contribution is -2.34. The fraction of sp³-hybridized carbons (Fsp3) is 0.500. The first-order valence-corrected chi connectivity index (χ1v) is 7.20. The Labute approximate surface area is 114 Å². The van der Waals surface area contributed by atoms with E-state index >= 15 is 0 Å². The van der Waals surface area contributed by atoms with E-state index in [0.717, 1.165) is 11.3 Å². The number of rotatable bonds is 2. The van der Waals surface area contributed by atoms with Crippen LogP contribution in [0.25, 0.3) is 10.9 Å². The molecule has 3 rings (SSSR count). The van der Waals surface area contributed by atoms with E-state index < -0.39 is 0 Å². The second-order valence-electron chi connectivity index (χ2n) is 5.62. The van der Waals surface area contributed by atoms with E-state index in [1.165, 1.54) is 43.1 Å². The van der Waals surface area contributed by atoms with Gasteiger partial charge in [0.1, 0.15) is 12.1 Å². The molecule has 0 spiro atoms. The van der Waals surface area contributed by atoms with Gasteiger partial charge in [0.2, 0.25) is 0 Å². The lowest BCUT2D eigenvalue weighted by Gasteiger charge is -2.32. The van der Waals surface area contributed by atoms with Gasteiger partial charge in [-0.25, -0.2) is 9.97 Å². The van der Waals surface area contributed by atoms with Crippen molar-refractivity contribution >= 4 is 16.7 Å². The van der Waals surface area contributed by atoms with Crippen molar-refractivity contribution in [3.63, 3.8) is 0 Å². The molecule has 1 aliphatic carbocycles. The van der Waals surface area contributed by atoms with Gasteiger partial charge in [-0.2, -0.15) is 0 Å². The highest BCUT2D eigenvalue weighted by Gasteiger charge is 2.20. The van der Waals surface area contributed by atoms with Gasteiger partial charge in [0.15, 0.2) is 0 Å². The van der Waals surface area contributed by atoms with Crippen LogP contribution in [0.3, 0.4) is 0 Å². The Hall–Kier alpha value is -1.64. The summed E-state index contributed by atoms with van der Waals surface area (Å²) in [6, 6.07) is 7.03. The van der Waals surface area contributed by atoms with Crippen LogP contribution >= 0.6 is 0 Å². The van der Waals surface area contributed by atoms with Gasteiger partial charge in [0.25, 0.3) is 0 Å². The third-order valence-electron chi connectivity index (χ3n) is 4.23. The van der Waals surface area contributed by atoms with Gasteiger partial charge in [0, 0.05) is 18.5 Å². The Balaban J connectivity index is 2.01. The summed E-state index contributed by atoms with van der Waals surface area (Å²) in [5, 5.41) is 1.18. The van der Waals surface area contributed by atoms with E-state index in [1.807, 2.05) is 0 Å². The summed E-state index contributed by atoms with van der Waals surface area (Å²) < 4.78 is 0. The van der Waals surface area contributed by atoms with E-state index in [4.69, 9.17) is 0 Å². The van der Waals surface area contributed by atoms with Crippen molar-refractivity contribution in [2.24, 2.45) is 0 Å². The number of benzene rings is 1. The molecule has 0 N–H and O–H groups in total. The van der Waals surface area contributed by atoms with Crippen LogP contribution in [0, 0.1) is 6.92 Å². The number of nitrogens with zero attached hydrogens (tertiary/aromatic N) is 3. The van der Waals surface area contributed by atoms with E-state index in [-0.39, 0.29) is 0 Å². The summed E-state index contributed by atoms with van der Waals surface area (Å²) >= 11 is 0. The Morgan fingerprint density at radius 1 is 1.11 bits per heavy atom. The van der Waals surface area contributed by atoms with Crippen LogP contribution in [-0.4, -0.2) is 23.1 Å². The third kappa shape index (κ3) is 2.42. The average Bonchev–Trinajstić information content (AvgIpc) is 2.47. The van der Waals surface area contributed by atoms with Crippen LogP contribution in [0.5, 0.6) is 0 Å². The molecule has 19 heavy (non-hydrogen) atoms. The maximum absolute atomic E-state index is 4.54. The minimum atomic E-state index is 0.632. The first-order valence-electron chi connectivity index (χ1n) is 7.20. The molecule has 0 bridgehead atoms. The van der Waals surface area contributed by atoms with Gasteiger partial charge in [-0.05, 0) is 31.9 Å². The Morgan fingerprint density at radius 2 is 1.89 bits per heavy atom. The summed E-state index contributed by atoms with van der Waals surface area (Å²) in [4.78, 5) is 11.3. The Kier molecular flexibility index (Phi) is 3.36. The second kappa shape index (κ2) is 5.16. The molecule has 0 amide bonds. The minimum Gasteiger partial charge on any atom is -0.356 e. The quantitative estimate of drug-likeness (QED) is 0.819. The van der Waals surface area contributed by atoms with Gasteiger partial charge in [-0.1, -0.05) is 30.9 Å². The average molecular weight is 255 g/mol. The lowest BCUT2D eigenvalue weighted by atomic mass is 9.94. The van der Waals surface area contributed by atoms with E-state index in [2.05, 4.69) is 47.0 Å². The number of anilines is 1. The normalized spacial score (nSPS) is 16.7. The number of aromatic nitrogens is 2. The predicted octanol–water partition coefficient (Wildman–Crippen LogP) is 3.71. The topological polar surface area (TPSA) is 29.0 Å². The lowest BCUT2D eigenvalue weighted by molar-refractivity contribution is 0.426. The van der Waals surface area contributed by atoms with Gasteiger partial charge in [0.05, 0.1) is 5.52 Å². The second-order valence-corrected chi connectivity index (χ2v) is 5.62. The summed E-state index contributed by atoms with van der Waals surface area (Å²) in [6.45, 7) is 2.12. The zero-order chi connectivity index (χ0) is 13.2. The summed E-state index contributed by atoms with van der Waals surface area (Å²) in [5.41, 5.74) is 2.30. The molecule has 0 saturated heterocycles. The fourth-order valence-electron chi connectivity index (χ4n) is 3.08. The smallest absolute Gasteiger partial charge is 0.139 e. The van der Waals surface area contributed by atoms with Gasteiger partial charge in [-0.3, -0.25) is 0 Å². The first kappa shape index (κ1) is 12.4. The number of hydrogen-bond donors (Lipinski definition) is 0. The molecule has 1 heterocycles. The summed E-state index contributed by atoms with van der Waals surface area (Å²) in [7, 11) is 2.18. The van der Waals surface area contributed by atoms with Gasteiger partial charge in [-0.15, -0.1) is 0 Å². The van der Waals surface area contributed by atoms with E-state index in [0.29, 0.717) is 6.04 Å². The van der Waals surface area contributed by atoms with E-state index in [9.17, 15) is 0 Å². The van der Waals surface area contributed by atoms with Gasteiger partial charge < -0.3 is 4.90 Å². The molecule has 0 aliphatic heterocycles. The van der Waals surface area contributed by atoms with Crippen molar-refractivity contribution in [2.45, 2.75) is 45.1 Å². The highest BCUT2D eigenvalue weighted by atomic mass is 15.2. The molecule has 1 saturated carbocycles. The van der Waals surface area contributed by atoms with Crippen molar-refractivity contribution in [3.05, 3.63) is 30.1 Å². The molecule has 2 aromatic rings. The zero-order valence-corrected chi connectivity index (χ0v) is 11.8. The largest absolute Gasteiger partial charge is 0.356 e. The maximum atomic E-state index is 4.54. The molecule has 0 radical (unpaired) electrons.